The Balaban J connectivity index is 2.26. The van der Waals surface area contributed by atoms with Gasteiger partial charge in [0.15, 0.2) is 0 Å². The molecule has 0 saturated heterocycles. The molecule has 2 nitrogen and oxygen atoms in total. The van der Waals surface area contributed by atoms with Gasteiger partial charge < -0.3 is 10.1 Å². The first kappa shape index (κ1) is 14.2. The molecule has 0 amide bonds. The second-order valence-corrected chi connectivity index (χ2v) is 4.91. The Morgan fingerprint density at radius 2 is 1.84 bits per heavy atom. The van der Waals surface area contributed by atoms with Crippen molar-refractivity contribution in [1.29, 1.82) is 0 Å². The van der Waals surface area contributed by atoms with Gasteiger partial charge in [-0.3, -0.25) is 0 Å². The van der Waals surface area contributed by atoms with Gasteiger partial charge in [0, 0.05) is 17.1 Å². The number of nitrogens with one attached hydrogen (secondary N) is 1. The van der Waals surface area contributed by atoms with Crippen molar-refractivity contribution in [3.05, 3.63) is 58.1 Å². The molecule has 0 heterocycles. The summed E-state index contributed by atoms with van der Waals surface area (Å²) in [4.78, 5) is 0. The van der Waals surface area contributed by atoms with E-state index in [0.717, 1.165) is 17.9 Å². The third-order valence-electron chi connectivity index (χ3n) is 2.64. The van der Waals surface area contributed by atoms with Crippen LogP contribution in [-0.4, -0.2) is 6.54 Å². The second kappa shape index (κ2) is 6.80. The van der Waals surface area contributed by atoms with Gasteiger partial charge in [-0.15, -0.1) is 0 Å². The van der Waals surface area contributed by atoms with Crippen LogP contribution >= 0.6 is 23.2 Å². The van der Waals surface area contributed by atoms with Gasteiger partial charge >= 0.3 is 0 Å². The molecule has 0 aliphatic heterocycles. The number of ether oxygens (including phenoxy) is 1. The number of hydrogen-bond acceptors (Lipinski definition) is 2. The highest BCUT2D eigenvalue weighted by Crippen LogP contribution is 2.32. The van der Waals surface area contributed by atoms with Crippen molar-refractivity contribution in [1.82, 2.24) is 5.32 Å². The van der Waals surface area contributed by atoms with Crippen LogP contribution in [0.3, 0.4) is 0 Å². The van der Waals surface area contributed by atoms with Gasteiger partial charge in [0.25, 0.3) is 0 Å². The molecule has 0 fully saturated rings. The van der Waals surface area contributed by atoms with E-state index in [4.69, 9.17) is 27.9 Å². The molecule has 0 atom stereocenters. The molecule has 4 heteroatoms. The fourth-order valence-corrected chi connectivity index (χ4v) is 2.06. The monoisotopic (exact) mass is 295 g/mol. The van der Waals surface area contributed by atoms with Gasteiger partial charge in [0.1, 0.15) is 11.5 Å². The average Bonchev–Trinajstić information content (AvgIpc) is 2.41. The molecule has 19 heavy (non-hydrogen) atoms. The van der Waals surface area contributed by atoms with E-state index in [1.54, 1.807) is 6.07 Å². The van der Waals surface area contributed by atoms with E-state index < -0.39 is 0 Å². The number of hydrogen-bond donors (Lipinski definition) is 1. The summed E-state index contributed by atoms with van der Waals surface area (Å²) < 4.78 is 5.86. The largest absolute Gasteiger partial charge is 0.455 e. The Morgan fingerprint density at radius 1 is 1.05 bits per heavy atom. The van der Waals surface area contributed by atoms with Gasteiger partial charge in [-0.25, -0.2) is 0 Å². The first-order valence-electron chi connectivity index (χ1n) is 6.12. The Kier molecular flexibility index (Phi) is 5.08. The first-order valence-corrected chi connectivity index (χ1v) is 6.88. The summed E-state index contributed by atoms with van der Waals surface area (Å²) in [7, 11) is 0. The lowest BCUT2D eigenvalue weighted by atomic mass is 10.2. The Morgan fingerprint density at radius 3 is 2.58 bits per heavy atom. The van der Waals surface area contributed by atoms with Crippen LogP contribution in [0.15, 0.2) is 42.5 Å². The fraction of sp³-hybridized carbons (Fsp3) is 0.200. The summed E-state index contributed by atoms with van der Waals surface area (Å²) in [6.45, 7) is 3.65. The van der Waals surface area contributed by atoms with Crippen molar-refractivity contribution in [2.45, 2.75) is 13.5 Å². The molecular weight excluding hydrogens is 281 g/mol. The maximum atomic E-state index is 6.10. The van der Waals surface area contributed by atoms with E-state index in [9.17, 15) is 0 Å². The first-order chi connectivity index (χ1) is 9.20. The minimum atomic E-state index is 0.590. The van der Waals surface area contributed by atoms with Crippen molar-refractivity contribution < 1.29 is 4.74 Å². The predicted molar refractivity (Wildman–Crippen MR) is 80.4 cm³/mol. The third kappa shape index (κ3) is 3.87. The van der Waals surface area contributed by atoms with E-state index in [1.165, 1.54) is 0 Å². The molecule has 2 rings (SSSR count). The molecule has 0 bridgehead atoms. The van der Waals surface area contributed by atoms with Crippen LogP contribution in [0.5, 0.6) is 11.5 Å². The Bertz CT molecular complexity index is 558. The van der Waals surface area contributed by atoms with Gasteiger partial charge in [0.2, 0.25) is 0 Å². The normalized spacial score (nSPS) is 10.5. The number of halogens is 2. The van der Waals surface area contributed by atoms with Crippen molar-refractivity contribution in [2.75, 3.05) is 6.54 Å². The van der Waals surface area contributed by atoms with Gasteiger partial charge in [0.05, 0.1) is 5.02 Å². The predicted octanol–water partition coefficient (Wildman–Crippen LogP) is 4.90. The molecule has 0 aliphatic carbocycles. The molecular formula is C15H15Cl2NO. The van der Waals surface area contributed by atoms with E-state index in [2.05, 4.69) is 12.2 Å². The molecule has 100 valence electrons. The molecule has 0 radical (unpaired) electrons. The van der Waals surface area contributed by atoms with Crippen molar-refractivity contribution in [3.63, 3.8) is 0 Å². The molecule has 0 unspecified atom stereocenters. The molecule has 1 N–H and O–H groups in total. The lowest BCUT2D eigenvalue weighted by Gasteiger charge is -2.13. The van der Waals surface area contributed by atoms with Crippen molar-refractivity contribution >= 4 is 23.2 Å². The molecule has 0 aromatic heterocycles. The Labute approximate surface area is 123 Å². The zero-order valence-electron chi connectivity index (χ0n) is 10.6. The number of para-hydroxylation sites is 1. The maximum absolute atomic E-state index is 6.10. The van der Waals surface area contributed by atoms with Gasteiger partial charge in [-0.2, -0.15) is 0 Å². The maximum Gasteiger partial charge on any atom is 0.146 e. The zero-order valence-corrected chi connectivity index (χ0v) is 12.1. The minimum absolute atomic E-state index is 0.590. The minimum Gasteiger partial charge on any atom is -0.455 e. The van der Waals surface area contributed by atoms with E-state index >= 15 is 0 Å². The van der Waals surface area contributed by atoms with Crippen LogP contribution in [0.4, 0.5) is 0 Å². The van der Waals surface area contributed by atoms with Crippen molar-refractivity contribution in [3.8, 4) is 11.5 Å². The van der Waals surface area contributed by atoms with E-state index in [-0.39, 0.29) is 0 Å². The van der Waals surface area contributed by atoms with E-state index in [0.29, 0.717) is 22.3 Å². The lowest BCUT2D eigenvalue weighted by molar-refractivity contribution is 0.473. The highest BCUT2D eigenvalue weighted by atomic mass is 35.5. The Hall–Kier alpha value is -1.22. The highest BCUT2D eigenvalue weighted by molar-refractivity contribution is 6.32. The van der Waals surface area contributed by atoms with Gasteiger partial charge in [-0.05, 0) is 36.9 Å². The van der Waals surface area contributed by atoms with Crippen LogP contribution in [0.25, 0.3) is 0 Å². The molecule has 0 saturated carbocycles. The standard InChI is InChI=1S/C15H15Cl2NO/c1-2-18-10-11-9-12(16)7-8-14(11)19-15-6-4-3-5-13(15)17/h3-9,18H,2,10H2,1H3. The molecule has 2 aromatic carbocycles. The summed E-state index contributed by atoms with van der Waals surface area (Å²) in [6, 6.07) is 13.0. The summed E-state index contributed by atoms with van der Waals surface area (Å²) in [5, 5.41) is 4.54. The van der Waals surface area contributed by atoms with Crippen LogP contribution in [0, 0.1) is 0 Å². The van der Waals surface area contributed by atoms with Crippen molar-refractivity contribution in [2.24, 2.45) is 0 Å². The smallest absolute Gasteiger partial charge is 0.146 e. The second-order valence-electron chi connectivity index (χ2n) is 4.06. The lowest BCUT2D eigenvalue weighted by Crippen LogP contribution is -2.12. The highest BCUT2D eigenvalue weighted by Gasteiger charge is 2.07. The summed E-state index contributed by atoms with van der Waals surface area (Å²) in [5.74, 6) is 1.41. The number of rotatable bonds is 5. The van der Waals surface area contributed by atoms with Crippen LogP contribution in [0.2, 0.25) is 10.0 Å². The summed E-state index contributed by atoms with van der Waals surface area (Å²) in [5.41, 5.74) is 1.01. The van der Waals surface area contributed by atoms with Crippen LogP contribution < -0.4 is 10.1 Å². The average molecular weight is 296 g/mol. The number of benzene rings is 2. The topological polar surface area (TPSA) is 21.3 Å². The fourth-order valence-electron chi connectivity index (χ4n) is 1.69. The zero-order chi connectivity index (χ0) is 13.7. The molecule has 2 aromatic rings. The summed E-state index contributed by atoms with van der Waals surface area (Å²) >= 11 is 12.1. The summed E-state index contributed by atoms with van der Waals surface area (Å²) in [6.07, 6.45) is 0. The van der Waals surface area contributed by atoms with E-state index in [1.807, 2.05) is 36.4 Å². The molecule has 0 spiro atoms. The van der Waals surface area contributed by atoms with Crippen LogP contribution in [0.1, 0.15) is 12.5 Å². The quantitative estimate of drug-likeness (QED) is 0.847. The van der Waals surface area contributed by atoms with Gasteiger partial charge in [-0.1, -0.05) is 42.3 Å². The third-order valence-corrected chi connectivity index (χ3v) is 3.19. The van der Waals surface area contributed by atoms with Crippen LogP contribution in [-0.2, 0) is 6.54 Å². The SMILES string of the molecule is CCNCc1cc(Cl)ccc1Oc1ccccc1Cl. The molecule has 0 aliphatic rings.